The lowest BCUT2D eigenvalue weighted by atomic mass is 10.1. The van der Waals surface area contributed by atoms with Crippen molar-refractivity contribution in [1.82, 2.24) is 14.1 Å². The Morgan fingerprint density at radius 1 is 0.833 bits per heavy atom. The van der Waals surface area contributed by atoms with E-state index in [2.05, 4.69) is 69.7 Å². The maximum atomic E-state index is 2.55. The lowest BCUT2D eigenvalue weighted by Crippen LogP contribution is -2.43. The number of likely N-dealkylation sites (N-methyl/N-ethyl adjacent to an activating group) is 1. The molecule has 0 radical (unpaired) electrons. The molecule has 0 aromatic heterocycles. The van der Waals surface area contributed by atoms with Crippen LogP contribution in [-0.2, 0) is 19.6 Å². The van der Waals surface area contributed by atoms with Crippen molar-refractivity contribution in [3.63, 3.8) is 0 Å². The highest BCUT2D eigenvalue weighted by atomic mass is 32.2. The highest BCUT2D eigenvalue weighted by Crippen LogP contribution is 2.32. The van der Waals surface area contributed by atoms with E-state index >= 15 is 0 Å². The minimum Gasteiger partial charge on any atom is -0.304 e. The van der Waals surface area contributed by atoms with Crippen molar-refractivity contribution in [2.45, 2.75) is 24.5 Å². The maximum Gasteiger partial charge on any atom is 0.0351 e. The van der Waals surface area contributed by atoms with E-state index in [1.54, 1.807) is 0 Å². The molecule has 24 heavy (non-hydrogen) atoms. The Morgan fingerprint density at radius 3 is 2.08 bits per heavy atom. The molecule has 1 saturated heterocycles. The fraction of sp³-hybridized carbons (Fsp3) is 0.400. The van der Waals surface area contributed by atoms with Gasteiger partial charge >= 0.3 is 0 Å². The highest BCUT2D eigenvalue weighted by Gasteiger charge is 2.19. The minimum atomic E-state index is 1.05. The molecule has 0 bridgehead atoms. The molecule has 2 aliphatic heterocycles. The Hall–Kier alpha value is -1.33. The third-order valence-electron chi connectivity index (χ3n) is 4.97. The molecule has 0 amide bonds. The number of benzene rings is 2. The predicted molar refractivity (Wildman–Crippen MR) is 101 cm³/mol. The van der Waals surface area contributed by atoms with Gasteiger partial charge in [-0.15, -0.1) is 0 Å². The molecule has 0 atom stereocenters. The molecule has 4 heteroatoms. The van der Waals surface area contributed by atoms with Gasteiger partial charge in [0, 0.05) is 50.7 Å². The molecule has 0 N–H and O–H groups in total. The monoisotopic (exact) mass is 339 g/mol. The fourth-order valence-electron chi connectivity index (χ4n) is 3.44. The molecular weight excluding hydrogens is 314 g/mol. The third kappa shape index (κ3) is 3.83. The van der Waals surface area contributed by atoms with Crippen LogP contribution in [-0.4, -0.2) is 47.3 Å². The molecule has 2 aromatic carbocycles. The van der Waals surface area contributed by atoms with E-state index in [0.717, 1.165) is 19.6 Å². The molecular formula is C20H25N3S. The summed E-state index contributed by atoms with van der Waals surface area (Å²) in [5, 5.41) is 0. The third-order valence-corrected chi connectivity index (χ3v) is 5.97. The van der Waals surface area contributed by atoms with Gasteiger partial charge in [-0.25, -0.2) is 4.31 Å². The van der Waals surface area contributed by atoms with Crippen LogP contribution in [0, 0.1) is 0 Å². The number of hydrogen-bond acceptors (Lipinski definition) is 4. The fourth-order valence-corrected chi connectivity index (χ4v) is 4.40. The van der Waals surface area contributed by atoms with E-state index < -0.39 is 0 Å². The summed E-state index contributed by atoms with van der Waals surface area (Å²) in [5.74, 6) is 0. The first-order valence-electron chi connectivity index (χ1n) is 8.76. The molecule has 0 spiro atoms. The van der Waals surface area contributed by atoms with Crippen LogP contribution in [0.3, 0.4) is 0 Å². The molecule has 2 aliphatic rings. The van der Waals surface area contributed by atoms with Crippen molar-refractivity contribution in [1.29, 1.82) is 0 Å². The van der Waals surface area contributed by atoms with Crippen LogP contribution in [0.1, 0.15) is 16.7 Å². The van der Waals surface area contributed by atoms with Crippen LogP contribution in [0.4, 0.5) is 0 Å². The second-order valence-electron chi connectivity index (χ2n) is 6.88. The summed E-state index contributed by atoms with van der Waals surface area (Å²) in [6, 6.07) is 17.9. The van der Waals surface area contributed by atoms with Crippen molar-refractivity contribution in [3.05, 3.63) is 65.2 Å². The Morgan fingerprint density at radius 2 is 1.46 bits per heavy atom. The van der Waals surface area contributed by atoms with Crippen LogP contribution >= 0.6 is 11.9 Å². The highest BCUT2D eigenvalue weighted by molar-refractivity contribution is 7.97. The van der Waals surface area contributed by atoms with Crippen molar-refractivity contribution in [2.24, 2.45) is 0 Å². The standard InChI is InChI=1S/C20H25N3S/c1-21-10-12-22(13-11-21)14-17-6-8-20(9-7-17)24-23-15-18-4-2-3-5-19(18)16-23/h2-9H,10-16H2,1H3. The summed E-state index contributed by atoms with van der Waals surface area (Å²) in [6.07, 6.45) is 0. The van der Waals surface area contributed by atoms with Gasteiger partial charge in [0.15, 0.2) is 0 Å². The zero-order chi connectivity index (χ0) is 16.4. The number of hydrogen-bond donors (Lipinski definition) is 0. The van der Waals surface area contributed by atoms with Gasteiger partial charge in [0.1, 0.15) is 0 Å². The summed E-state index contributed by atoms with van der Waals surface area (Å²) in [6.45, 7) is 7.90. The van der Waals surface area contributed by atoms with E-state index in [1.165, 1.54) is 47.8 Å². The average Bonchev–Trinajstić information content (AvgIpc) is 3.01. The summed E-state index contributed by atoms with van der Waals surface area (Å²) in [5.41, 5.74) is 4.36. The predicted octanol–water partition coefficient (Wildman–Crippen LogP) is 3.46. The van der Waals surface area contributed by atoms with E-state index in [0.29, 0.717) is 0 Å². The van der Waals surface area contributed by atoms with E-state index in [-0.39, 0.29) is 0 Å². The molecule has 0 unspecified atom stereocenters. The summed E-state index contributed by atoms with van der Waals surface area (Å²) < 4.78 is 2.44. The van der Waals surface area contributed by atoms with Gasteiger partial charge < -0.3 is 4.90 Å². The first kappa shape index (κ1) is 16.2. The second-order valence-corrected chi connectivity index (χ2v) is 8.05. The zero-order valence-corrected chi connectivity index (χ0v) is 15.1. The van der Waals surface area contributed by atoms with Crippen LogP contribution < -0.4 is 0 Å². The van der Waals surface area contributed by atoms with Gasteiger partial charge in [-0.05, 0) is 47.8 Å². The summed E-state index contributed by atoms with van der Waals surface area (Å²) in [4.78, 5) is 6.30. The molecule has 0 saturated carbocycles. The van der Waals surface area contributed by atoms with Crippen molar-refractivity contribution in [2.75, 3.05) is 33.2 Å². The van der Waals surface area contributed by atoms with Gasteiger partial charge in [-0.2, -0.15) is 0 Å². The lowest BCUT2D eigenvalue weighted by Gasteiger charge is -2.32. The quantitative estimate of drug-likeness (QED) is 0.789. The first-order chi connectivity index (χ1) is 11.8. The zero-order valence-electron chi connectivity index (χ0n) is 14.3. The van der Waals surface area contributed by atoms with Crippen LogP contribution in [0.5, 0.6) is 0 Å². The van der Waals surface area contributed by atoms with Crippen LogP contribution in [0.25, 0.3) is 0 Å². The Balaban J connectivity index is 1.32. The maximum absolute atomic E-state index is 2.55. The van der Waals surface area contributed by atoms with Crippen molar-refractivity contribution >= 4 is 11.9 Å². The van der Waals surface area contributed by atoms with Gasteiger partial charge in [0.05, 0.1) is 0 Å². The number of nitrogens with zero attached hydrogens (tertiary/aromatic N) is 3. The van der Waals surface area contributed by atoms with Gasteiger partial charge in [0.25, 0.3) is 0 Å². The van der Waals surface area contributed by atoms with Crippen molar-refractivity contribution in [3.8, 4) is 0 Å². The normalized spacial score (nSPS) is 19.5. The van der Waals surface area contributed by atoms with Gasteiger partial charge in [0.2, 0.25) is 0 Å². The SMILES string of the molecule is CN1CCN(Cc2ccc(SN3Cc4ccccc4C3)cc2)CC1. The van der Waals surface area contributed by atoms with Crippen LogP contribution in [0.2, 0.25) is 0 Å². The van der Waals surface area contributed by atoms with Gasteiger partial charge in [-0.1, -0.05) is 36.4 Å². The molecule has 3 nitrogen and oxygen atoms in total. The molecule has 0 aliphatic carbocycles. The molecule has 2 heterocycles. The summed E-state index contributed by atoms with van der Waals surface area (Å²) >= 11 is 1.88. The molecule has 126 valence electrons. The largest absolute Gasteiger partial charge is 0.304 e. The number of fused-ring (bicyclic) bond motifs is 1. The average molecular weight is 340 g/mol. The molecule has 1 fully saturated rings. The minimum absolute atomic E-state index is 1.05. The Kier molecular flexibility index (Phi) is 4.90. The topological polar surface area (TPSA) is 9.72 Å². The van der Waals surface area contributed by atoms with E-state index in [9.17, 15) is 0 Å². The number of rotatable bonds is 4. The van der Waals surface area contributed by atoms with E-state index in [1.807, 2.05) is 11.9 Å². The van der Waals surface area contributed by atoms with Gasteiger partial charge in [-0.3, -0.25) is 4.90 Å². The Labute approximate surface area is 149 Å². The smallest absolute Gasteiger partial charge is 0.0351 e. The number of piperazine rings is 1. The van der Waals surface area contributed by atoms with Crippen LogP contribution in [0.15, 0.2) is 53.4 Å². The lowest BCUT2D eigenvalue weighted by molar-refractivity contribution is 0.148. The first-order valence-corrected chi connectivity index (χ1v) is 9.53. The Bertz CT molecular complexity index is 653. The van der Waals surface area contributed by atoms with E-state index in [4.69, 9.17) is 0 Å². The molecule has 2 aromatic rings. The summed E-state index contributed by atoms with van der Waals surface area (Å²) in [7, 11) is 2.21. The molecule has 4 rings (SSSR count). The second kappa shape index (κ2) is 7.28. The van der Waals surface area contributed by atoms with Crippen molar-refractivity contribution < 1.29 is 0 Å².